The predicted octanol–water partition coefficient (Wildman–Crippen LogP) is 4.37. The van der Waals surface area contributed by atoms with E-state index in [4.69, 9.17) is 0 Å². The number of rotatable bonds is 5. The molecule has 1 atom stereocenters. The number of hydrogen-bond acceptors (Lipinski definition) is 2. The van der Waals surface area contributed by atoms with E-state index in [1.807, 2.05) is 30.3 Å². The molecule has 1 saturated heterocycles. The van der Waals surface area contributed by atoms with Crippen molar-refractivity contribution in [2.75, 3.05) is 19.6 Å². The quantitative estimate of drug-likeness (QED) is 0.860. The molecular weight excluding hydrogens is 332 g/mol. The molecule has 134 valence electrons. The average molecular weight is 359 g/mol. The summed E-state index contributed by atoms with van der Waals surface area (Å²) < 4.78 is 0. The minimum absolute atomic E-state index is 0. The standard InChI is InChI=1S/C21H26N2O.ClH/c1-17-10-12-18(13-11-17)20(23-14-6-3-7-15-23)16-22-21(24)19-8-4-2-5-9-19;/h2,4-5,8-13,20H,3,6-7,14-16H2,1H3,(H,22,24);1H. The molecule has 1 aliphatic rings. The van der Waals surface area contributed by atoms with Crippen LogP contribution in [0.3, 0.4) is 0 Å². The molecule has 1 fully saturated rings. The molecule has 3 rings (SSSR count). The van der Waals surface area contributed by atoms with Crippen LogP contribution in [0, 0.1) is 6.92 Å². The summed E-state index contributed by atoms with van der Waals surface area (Å²) in [6, 6.07) is 18.4. The third-order valence-corrected chi connectivity index (χ3v) is 4.79. The minimum atomic E-state index is 0. The lowest BCUT2D eigenvalue weighted by molar-refractivity contribution is 0.0924. The zero-order valence-corrected chi connectivity index (χ0v) is 15.6. The van der Waals surface area contributed by atoms with Crippen LogP contribution in [-0.4, -0.2) is 30.4 Å². The minimum Gasteiger partial charge on any atom is -0.350 e. The van der Waals surface area contributed by atoms with E-state index in [1.54, 1.807) is 0 Å². The Morgan fingerprint density at radius 2 is 1.64 bits per heavy atom. The van der Waals surface area contributed by atoms with Gasteiger partial charge in [0.1, 0.15) is 0 Å². The van der Waals surface area contributed by atoms with Gasteiger partial charge in [-0.15, -0.1) is 12.4 Å². The molecule has 4 heteroatoms. The fourth-order valence-electron chi connectivity index (χ4n) is 3.36. The number of nitrogens with one attached hydrogen (secondary N) is 1. The van der Waals surface area contributed by atoms with E-state index in [0.717, 1.165) is 18.7 Å². The van der Waals surface area contributed by atoms with Gasteiger partial charge in [0.05, 0.1) is 6.04 Å². The molecule has 3 nitrogen and oxygen atoms in total. The molecule has 0 saturated carbocycles. The van der Waals surface area contributed by atoms with Crippen molar-refractivity contribution in [3.63, 3.8) is 0 Å². The Morgan fingerprint density at radius 1 is 1.00 bits per heavy atom. The van der Waals surface area contributed by atoms with Crippen molar-refractivity contribution in [3.05, 3.63) is 71.3 Å². The SMILES string of the molecule is Cc1ccc(C(CNC(=O)c2ccccc2)N2CCCCC2)cc1.Cl. The molecular formula is C21H27ClN2O. The van der Waals surface area contributed by atoms with Crippen LogP contribution in [0.4, 0.5) is 0 Å². The highest BCUT2D eigenvalue weighted by Gasteiger charge is 2.23. The highest BCUT2D eigenvalue weighted by atomic mass is 35.5. The van der Waals surface area contributed by atoms with E-state index in [9.17, 15) is 4.79 Å². The summed E-state index contributed by atoms with van der Waals surface area (Å²) in [7, 11) is 0. The third kappa shape index (κ3) is 5.32. The van der Waals surface area contributed by atoms with Crippen LogP contribution in [0.5, 0.6) is 0 Å². The van der Waals surface area contributed by atoms with E-state index in [2.05, 4.69) is 41.4 Å². The maximum atomic E-state index is 12.4. The molecule has 2 aromatic rings. The van der Waals surface area contributed by atoms with Crippen molar-refractivity contribution < 1.29 is 4.79 Å². The van der Waals surface area contributed by atoms with Gasteiger partial charge in [-0.2, -0.15) is 0 Å². The lowest BCUT2D eigenvalue weighted by Crippen LogP contribution is -2.40. The summed E-state index contributed by atoms with van der Waals surface area (Å²) in [5.41, 5.74) is 3.28. The summed E-state index contributed by atoms with van der Waals surface area (Å²) >= 11 is 0. The number of hydrogen-bond donors (Lipinski definition) is 1. The second-order valence-electron chi connectivity index (χ2n) is 6.60. The van der Waals surface area contributed by atoms with Gasteiger partial charge in [0.25, 0.3) is 5.91 Å². The molecule has 0 aromatic heterocycles. The second-order valence-corrected chi connectivity index (χ2v) is 6.60. The monoisotopic (exact) mass is 358 g/mol. The Kier molecular flexibility index (Phi) is 7.48. The lowest BCUT2D eigenvalue weighted by Gasteiger charge is -2.35. The molecule has 1 N–H and O–H groups in total. The van der Waals surface area contributed by atoms with Gasteiger partial charge in [0.15, 0.2) is 0 Å². The average Bonchev–Trinajstić information content (AvgIpc) is 2.65. The molecule has 1 amide bonds. The van der Waals surface area contributed by atoms with Crippen LogP contribution in [0.2, 0.25) is 0 Å². The predicted molar refractivity (Wildman–Crippen MR) is 105 cm³/mol. The number of amides is 1. The zero-order chi connectivity index (χ0) is 16.8. The lowest BCUT2D eigenvalue weighted by atomic mass is 10.0. The maximum Gasteiger partial charge on any atom is 0.251 e. The zero-order valence-electron chi connectivity index (χ0n) is 14.8. The van der Waals surface area contributed by atoms with Crippen LogP contribution in [0.15, 0.2) is 54.6 Å². The Bertz CT molecular complexity index is 651. The summed E-state index contributed by atoms with van der Waals surface area (Å²) in [4.78, 5) is 14.9. The van der Waals surface area contributed by atoms with Crippen LogP contribution < -0.4 is 5.32 Å². The van der Waals surface area contributed by atoms with Gasteiger partial charge in [0.2, 0.25) is 0 Å². The van der Waals surface area contributed by atoms with Gasteiger partial charge in [-0.25, -0.2) is 0 Å². The van der Waals surface area contributed by atoms with Gasteiger partial charge in [0, 0.05) is 12.1 Å². The topological polar surface area (TPSA) is 32.3 Å². The fraction of sp³-hybridized carbons (Fsp3) is 0.381. The summed E-state index contributed by atoms with van der Waals surface area (Å²) in [5.74, 6) is 0.00437. The van der Waals surface area contributed by atoms with Gasteiger partial charge in [-0.1, -0.05) is 54.4 Å². The number of carbonyl (C=O) groups excluding carboxylic acids is 1. The molecule has 2 aromatic carbocycles. The number of benzene rings is 2. The number of halogens is 1. The number of aryl methyl sites for hydroxylation is 1. The Hall–Kier alpha value is -1.84. The van der Waals surface area contributed by atoms with Crippen molar-refractivity contribution in [1.82, 2.24) is 10.2 Å². The van der Waals surface area contributed by atoms with Gasteiger partial charge >= 0.3 is 0 Å². The maximum absolute atomic E-state index is 12.4. The molecule has 0 spiro atoms. The first-order valence-electron chi connectivity index (χ1n) is 8.88. The molecule has 1 unspecified atom stereocenters. The number of likely N-dealkylation sites (tertiary alicyclic amines) is 1. The van der Waals surface area contributed by atoms with Crippen LogP contribution in [0.25, 0.3) is 0 Å². The van der Waals surface area contributed by atoms with Crippen molar-refractivity contribution in [3.8, 4) is 0 Å². The van der Waals surface area contributed by atoms with E-state index in [1.165, 1.54) is 30.4 Å². The normalized spacial score (nSPS) is 15.9. The van der Waals surface area contributed by atoms with E-state index in [0.29, 0.717) is 6.54 Å². The number of carbonyl (C=O) groups is 1. The van der Waals surface area contributed by atoms with Gasteiger partial charge in [-0.05, 0) is 50.6 Å². The van der Waals surface area contributed by atoms with Crippen molar-refractivity contribution in [1.29, 1.82) is 0 Å². The van der Waals surface area contributed by atoms with Crippen molar-refractivity contribution in [2.24, 2.45) is 0 Å². The Morgan fingerprint density at radius 3 is 2.28 bits per heavy atom. The number of piperidine rings is 1. The largest absolute Gasteiger partial charge is 0.350 e. The van der Waals surface area contributed by atoms with Crippen LogP contribution in [-0.2, 0) is 0 Å². The Balaban J connectivity index is 0.00000225. The molecule has 25 heavy (non-hydrogen) atoms. The smallest absolute Gasteiger partial charge is 0.251 e. The second kappa shape index (κ2) is 9.59. The summed E-state index contributed by atoms with van der Waals surface area (Å²) in [5, 5.41) is 3.13. The summed E-state index contributed by atoms with van der Waals surface area (Å²) in [6.45, 7) is 4.98. The summed E-state index contributed by atoms with van der Waals surface area (Å²) in [6.07, 6.45) is 3.80. The van der Waals surface area contributed by atoms with Crippen LogP contribution in [0.1, 0.15) is 46.8 Å². The third-order valence-electron chi connectivity index (χ3n) is 4.79. The van der Waals surface area contributed by atoms with Gasteiger partial charge < -0.3 is 5.32 Å². The molecule has 0 aliphatic carbocycles. The molecule has 1 heterocycles. The van der Waals surface area contributed by atoms with Crippen molar-refractivity contribution in [2.45, 2.75) is 32.2 Å². The van der Waals surface area contributed by atoms with E-state index in [-0.39, 0.29) is 24.4 Å². The highest BCUT2D eigenvalue weighted by Crippen LogP contribution is 2.24. The van der Waals surface area contributed by atoms with E-state index >= 15 is 0 Å². The van der Waals surface area contributed by atoms with Gasteiger partial charge in [-0.3, -0.25) is 9.69 Å². The van der Waals surface area contributed by atoms with Crippen LogP contribution >= 0.6 is 12.4 Å². The first-order chi connectivity index (χ1) is 11.7. The fourth-order valence-corrected chi connectivity index (χ4v) is 3.36. The molecule has 0 radical (unpaired) electrons. The molecule has 0 bridgehead atoms. The molecule has 1 aliphatic heterocycles. The Labute approximate surface area is 156 Å². The van der Waals surface area contributed by atoms with E-state index < -0.39 is 0 Å². The first kappa shape index (κ1) is 19.5. The number of nitrogens with zero attached hydrogens (tertiary/aromatic N) is 1. The first-order valence-corrected chi connectivity index (χ1v) is 8.88. The van der Waals surface area contributed by atoms with Crippen molar-refractivity contribution >= 4 is 18.3 Å². The highest BCUT2D eigenvalue weighted by molar-refractivity contribution is 5.94.